The lowest BCUT2D eigenvalue weighted by Crippen LogP contribution is -2.52. The molecule has 6 nitrogen and oxygen atoms in total. The summed E-state index contributed by atoms with van der Waals surface area (Å²) in [5.74, 6) is -3.33. The molecule has 40 heavy (non-hydrogen) atoms. The van der Waals surface area contributed by atoms with Crippen molar-refractivity contribution in [3.05, 3.63) is 69.2 Å². The molecule has 2 aliphatic rings. The highest BCUT2D eigenvalue weighted by Crippen LogP contribution is 2.50. The average molecular weight is 599 g/mol. The molecule has 2 saturated heterocycles. The predicted octanol–water partition coefficient (Wildman–Crippen LogP) is 6.03. The summed E-state index contributed by atoms with van der Waals surface area (Å²) in [6.45, 7) is 10.6. The van der Waals surface area contributed by atoms with E-state index in [1.165, 1.54) is 18.2 Å². The summed E-state index contributed by atoms with van der Waals surface area (Å²) in [4.78, 5) is 13.8. The van der Waals surface area contributed by atoms with Gasteiger partial charge in [-0.1, -0.05) is 68.6 Å². The van der Waals surface area contributed by atoms with Gasteiger partial charge in [0, 0.05) is 29.1 Å². The highest BCUT2D eigenvalue weighted by Gasteiger charge is 2.58. The highest BCUT2D eigenvalue weighted by atomic mass is 35.5. The summed E-state index contributed by atoms with van der Waals surface area (Å²) in [6.07, 6.45) is 1.69. The molecule has 5 unspecified atom stereocenters. The minimum Gasteiger partial charge on any atom is -0.355 e. The Morgan fingerprint density at radius 1 is 1.23 bits per heavy atom. The van der Waals surface area contributed by atoms with Crippen LogP contribution in [0.5, 0.6) is 0 Å². The number of nitrogens with two attached hydrogens (primary N) is 1. The molecule has 0 radical (unpaired) electrons. The maximum atomic E-state index is 15.7. The second kappa shape index (κ2) is 11.8. The largest absolute Gasteiger partial charge is 0.355 e. The van der Waals surface area contributed by atoms with Crippen LogP contribution in [0.3, 0.4) is 0 Å². The van der Waals surface area contributed by atoms with Crippen LogP contribution in [0.4, 0.5) is 8.78 Å². The van der Waals surface area contributed by atoms with Crippen molar-refractivity contribution in [1.29, 1.82) is 0 Å². The van der Waals surface area contributed by atoms with Crippen molar-refractivity contribution in [2.75, 3.05) is 13.2 Å². The molecule has 2 aromatic rings. The zero-order valence-electron chi connectivity index (χ0n) is 23.6. The molecule has 5 atom stereocenters. The number of benzene rings is 2. The van der Waals surface area contributed by atoms with E-state index in [-0.39, 0.29) is 38.6 Å². The molecule has 2 aliphatic heterocycles. The minimum absolute atomic E-state index is 0.103. The van der Waals surface area contributed by atoms with E-state index in [0.29, 0.717) is 26.0 Å². The Morgan fingerprint density at radius 3 is 2.58 bits per heavy atom. The highest BCUT2D eigenvalue weighted by molar-refractivity contribution is 6.31. The fraction of sp³-hybridized carbons (Fsp3) is 0.567. The molecule has 220 valence electrons. The van der Waals surface area contributed by atoms with Crippen LogP contribution in [0.1, 0.15) is 70.9 Å². The lowest BCUT2D eigenvalue weighted by Gasteiger charge is -2.40. The van der Waals surface area contributed by atoms with Crippen LogP contribution in [0.25, 0.3) is 0 Å². The summed E-state index contributed by atoms with van der Waals surface area (Å²) in [6, 6.07) is 7.33. The molecule has 10 heteroatoms. The first-order valence-electron chi connectivity index (χ1n) is 13.7. The molecule has 0 bridgehead atoms. The molecular formula is C30H39Cl2F2N3O3. The van der Waals surface area contributed by atoms with Gasteiger partial charge in [0.05, 0.1) is 29.3 Å². The SMILES string of the molecule is CCC(C)(C)CC1NC(C(=O)NCCC2COC(C)(C)O2)C(c2cccc(Cl)c2F)C1(N)c1ccc(Cl)cc1F. The number of carbonyl (C=O) groups excluding carboxylic acids is 1. The summed E-state index contributed by atoms with van der Waals surface area (Å²) < 4.78 is 42.8. The smallest absolute Gasteiger partial charge is 0.237 e. The minimum atomic E-state index is -1.51. The van der Waals surface area contributed by atoms with Crippen LogP contribution < -0.4 is 16.4 Å². The van der Waals surface area contributed by atoms with E-state index >= 15 is 8.78 Å². The monoisotopic (exact) mass is 597 g/mol. The lowest BCUT2D eigenvalue weighted by molar-refractivity contribution is -0.138. The van der Waals surface area contributed by atoms with E-state index < -0.39 is 41.0 Å². The zero-order valence-corrected chi connectivity index (χ0v) is 25.1. The van der Waals surface area contributed by atoms with Gasteiger partial charge in [-0.3, -0.25) is 4.79 Å². The van der Waals surface area contributed by atoms with Gasteiger partial charge in [0.1, 0.15) is 11.6 Å². The number of nitrogens with one attached hydrogen (secondary N) is 2. The van der Waals surface area contributed by atoms with Crippen LogP contribution in [0, 0.1) is 17.0 Å². The lowest BCUT2D eigenvalue weighted by atomic mass is 9.67. The number of hydrogen-bond acceptors (Lipinski definition) is 5. The predicted molar refractivity (Wildman–Crippen MR) is 153 cm³/mol. The van der Waals surface area contributed by atoms with Crippen molar-refractivity contribution in [3.8, 4) is 0 Å². The van der Waals surface area contributed by atoms with Crippen LogP contribution in [-0.2, 0) is 19.8 Å². The van der Waals surface area contributed by atoms with Gasteiger partial charge >= 0.3 is 0 Å². The molecule has 4 N–H and O–H groups in total. The summed E-state index contributed by atoms with van der Waals surface area (Å²) in [5, 5.41) is 6.46. The van der Waals surface area contributed by atoms with E-state index in [1.807, 2.05) is 13.8 Å². The third-order valence-electron chi connectivity index (χ3n) is 8.35. The number of halogens is 4. The van der Waals surface area contributed by atoms with Crippen molar-refractivity contribution in [3.63, 3.8) is 0 Å². The van der Waals surface area contributed by atoms with E-state index in [9.17, 15) is 4.79 Å². The Hall–Kier alpha value is -1.81. The molecular weight excluding hydrogens is 559 g/mol. The van der Waals surface area contributed by atoms with Gasteiger partial charge in [0.25, 0.3) is 0 Å². The molecule has 0 spiro atoms. The Labute approximate surface area is 245 Å². The van der Waals surface area contributed by atoms with E-state index in [0.717, 1.165) is 6.42 Å². The first kappa shape index (κ1) is 31.1. The Kier molecular flexibility index (Phi) is 9.20. The zero-order chi connectivity index (χ0) is 29.5. The third kappa shape index (κ3) is 6.32. The Morgan fingerprint density at radius 2 is 1.95 bits per heavy atom. The van der Waals surface area contributed by atoms with Gasteiger partial charge < -0.3 is 25.8 Å². The van der Waals surface area contributed by atoms with Gasteiger partial charge in [-0.05, 0) is 55.9 Å². The maximum Gasteiger partial charge on any atom is 0.237 e. The molecule has 2 aromatic carbocycles. The van der Waals surface area contributed by atoms with Crippen LogP contribution >= 0.6 is 23.2 Å². The average Bonchev–Trinajstić information content (AvgIpc) is 3.36. The number of amides is 1. The van der Waals surface area contributed by atoms with Crippen LogP contribution in [-0.4, -0.2) is 43.0 Å². The van der Waals surface area contributed by atoms with Crippen molar-refractivity contribution in [1.82, 2.24) is 10.6 Å². The van der Waals surface area contributed by atoms with E-state index in [2.05, 4.69) is 31.4 Å². The molecule has 0 aromatic heterocycles. The van der Waals surface area contributed by atoms with Gasteiger partial charge in [0.15, 0.2) is 5.79 Å². The quantitative estimate of drug-likeness (QED) is 0.328. The first-order valence-corrected chi connectivity index (χ1v) is 14.5. The fourth-order valence-electron chi connectivity index (χ4n) is 5.86. The first-order chi connectivity index (χ1) is 18.7. The van der Waals surface area contributed by atoms with E-state index in [1.54, 1.807) is 18.2 Å². The third-order valence-corrected chi connectivity index (χ3v) is 8.88. The topological polar surface area (TPSA) is 85.6 Å². The second-order valence-corrected chi connectivity index (χ2v) is 13.0. The van der Waals surface area contributed by atoms with Crippen molar-refractivity contribution in [2.45, 2.75) is 89.3 Å². The van der Waals surface area contributed by atoms with Gasteiger partial charge in [-0.2, -0.15) is 0 Å². The van der Waals surface area contributed by atoms with Gasteiger partial charge in [0.2, 0.25) is 5.91 Å². The normalized spacial score (nSPS) is 28.1. The van der Waals surface area contributed by atoms with Crippen molar-refractivity contribution < 1.29 is 23.0 Å². The van der Waals surface area contributed by atoms with E-state index in [4.69, 9.17) is 38.4 Å². The maximum absolute atomic E-state index is 15.7. The molecule has 0 saturated carbocycles. The molecule has 4 rings (SSSR count). The number of carbonyl (C=O) groups is 1. The molecule has 0 aliphatic carbocycles. The Balaban J connectivity index is 1.75. The summed E-state index contributed by atoms with van der Waals surface area (Å²) in [7, 11) is 0. The second-order valence-electron chi connectivity index (χ2n) is 12.1. The van der Waals surface area contributed by atoms with Crippen molar-refractivity contribution >= 4 is 29.1 Å². The fourth-order valence-corrected chi connectivity index (χ4v) is 6.20. The van der Waals surface area contributed by atoms with Crippen LogP contribution in [0.2, 0.25) is 10.0 Å². The van der Waals surface area contributed by atoms with Gasteiger partial charge in [-0.15, -0.1) is 0 Å². The number of hydrogen-bond donors (Lipinski definition) is 3. The number of ether oxygens (including phenoxy) is 2. The van der Waals surface area contributed by atoms with Crippen molar-refractivity contribution in [2.24, 2.45) is 11.1 Å². The molecule has 2 heterocycles. The van der Waals surface area contributed by atoms with Gasteiger partial charge in [-0.25, -0.2) is 8.78 Å². The summed E-state index contributed by atoms with van der Waals surface area (Å²) >= 11 is 12.3. The standard InChI is InChI=1S/C30H39Cl2F2N3O3/c1-6-28(2,3)15-23-30(35,20-11-10-17(31)14-22(20)33)24(19-8-7-9-21(32)25(19)34)26(37-23)27(38)36-13-12-18-16-39-29(4,5)40-18/h7-11,14,18,23-24,26,37H,6,12-13,15-16,35H2,1-5H3,(H,36,38). The molecule has 1 amide bonds. The number of rotatable bonds is 9. The summed E-state index contributed by atoms with van der Waals surface area (Å²) in [5.41, 5.74) is 5.82. The van der Waals surface area contributed by atoms with Crippen LogP contribution in [0.15, 0.2) is 36.4 Å². The molecule has 2 fully saturated rings. The Bertz CT molecular complexity index is 1240.